The van der Waals surface area contributed by atoms with E-state index in [-0.39, 0.29) is 11.9 Å². The molecule has 1 heterocycles. The van der Waals surface area contributed by atoms with E-state index < -0.39 is 0 Å². The molecule has 1 aromatic carbocycles. The van der Waals surface area contributed by atoms with Gasteiger partial charge in [0.2, 0.25) is 5.91 Å². The molecule has 0 atom stereocenters. The van der Waals surface area contributed by atoms with Gasteiger partial charge in [-0.25, -0.2) is 0 Å². The van der Waals surface area contributed by atoms with E-state index in [9.17, 15) is 4.79 Å². The van der Waals surface area contributed by atoms with Crippen molar-refractivity contribution in [2.45, 2.75) is 39.7 Å². The molecule has 0 saturated carbocycles. The second-order valence-electron chi connectivity index (χ2n) is 5.35. The van der Waals surface area contributed by atoms with Gasteiger partial charge in [0.1, 0.15) is 11.5 Å². The molecule has 0 aliphatic rings. The highest BCUT2D eigenvalue weighted by Crippen LogP contribution is 2.23. The number of rotatable bonds is 5. The quantitative estimate of drug-likeness (QED) is 0.900. The first-order valence-electron chi connectivity index (χ1n) is 6.99. The van der Waals surface area contributed by atoms with Crippen LogP contribution in [0.4, 0.5) is 0 Å². The Morgan fingerprint density at radius 3 is 2.50 bits per heavy atom. The SMILES string of the molecule is Cc1ccc(-c2ccc(CCC(=O)NC(C)C)o2)cc1. The second-order valence-corrected chi connectivity index (χ2v) is 5.35. The van der Waals surface area contributed by atoms with Crippen LogP contribution >= 0.6 is 0 Å². The van der Waals surface area contributed by atoms with E-state index in [1.54, 1.807) is 0 Å². The van der Waals surface area contributed by atoms with E-state index >= 15 is 0 Å². The first-order chi connectivity index (χ1) is 9.54. The summed E-state index contributed by atoms with van der Waals surface area (Å²) in [6.45, 7) is 5.98. The Balaban J connectivity index is 1.95. The van der Waals surface area contributed by atoms with Crippen LogP contribution in [0.15, 0.2) is 40.8 Å². The Morgan fingerprint density at radius 2 is 1.85 bits per heavy atom. The second kappa shape index (κ2) is 6.42. The summed E-state index contributed by atoms with van der Waals surface area (Å²) in [5.41, 5.74) is 2.29. The van der Waals surface area contributed by atoms with Crippen molar-refractivity contribution in [3.8, 4) is 11.3 Å². The Bertz CT molecular complexity index is 567. The van der Waals surface area contributed by atoms with E-state index in [0.29, 0.717) is 12.8 Å². The van der Waals surface area contributed by atoms with E-state index in [1.807, 2.05) is 38.1 Å². The predicted molar refractivity (Wildman–Crippen MR) is 80.5 cm³/mol. The lowest BCUT2D eigenvalue weighted by Gasteiger charge is -2.06. The summed E-state index contributed by atoms with van der Waals surface area (Å²) in [6.07, 6.45) is 1.09. The molecule has 2 aromatic rings. The largest absolute Gasteiger partial charge is 0.461 e. The van der Waals surface area contributed by atoms with Crippen molar-refractivity contribution in [2.75, 3.05) is 0 Å². The van der Waals surface area contributed by atoms with Gasteiger partial charge in [-0.1, -0.05) is 29.8 Å². The zero-order valence-electron chi connectivity index (χ0n) is 12.3. The van der Waals surface area contributed by atoms with Crippen LogP contribution in [0.2, 0.25) is 0 Å². The summed E-state index contributed by atoms with van der Waals surface area (Å²) in [6, 6.07) is 12.3. The summed E-state index contributed by atoms with van der Waals surface area (Å²) >= 11 is 0. The molecule has 1 N–H and O–H groups in total. The molecule has 1 amide bonds. The Hall–Kier alpha value is -2.03. The number of furan rings is 1. The summed E-state index contributed by atoms with van der Waals surface area (Å²) in [5, 5.41) is 2.88. The lowest BCUT2D eigenvalue weighted by molar-refractivity contribution is -0.121. The van der Waals surface area contributed by atoms with Crippen molar-refractivity contribution < 1.29 is 9.21 Å². The van der Waals surface area contributed by atoms with Gasteiger partial charge in [0.25, 0.3) is 0 Å². The van der Waals surface area contributed by atoms with Gasteiger partial charge in [-0.3, -0.25) is 4.79 Å². The third-order valence-corrected chi connectivity index (χ3v) is 3.05. The highest BCUT2D eigenvalue weighted by atomic mass is 16.3. The van der Waals surface area contributed by atoms with Gasteiger partial charge in [-0.2, -0.15) is 0 Å². The number of amides is 1. The minimum atomic E-state index is 0.0632. The van der Waals surface area contributed by atoms with Crippen LogP contribution in [0, 0.1) is 6.92 Å². The van der Waals surface area contributed by atoms with E-state index in [2.05, 4.69) is 24.4 Å². The lowest BCUT2D eigenvalue weighted by atomic mass is 10.1. The Labute approximate surface area is 120 Å². The minimum absolute atomic E-state index is 0.0632. The Kier molecular flexibility index (Phi) is 4.61. The fourth-order valence-corrected chi connectivity index (χ4v) is 2.02. The molecule has 0 unspecified atom stereocenters. The first kappa shape index (κ1) is 14.4. The monoisotopic (exact) mass is 271 g/mol. The standard InChI is InChI=1S/C17H21NO2/c1-12(2)18-17(19)11-9-15-8-10-16(20-15)14-6-4-13(3)5-7-14/h4-8,10,12H,9,11H2,1-3H3,(H,18,19). The molecule has 3 nitrogen and oxygen atoms in total. The molecule has 2 rings (SSSR count). The molecule has 0 fully saturated rings. The third-order valence-electron chi connectivity index (χ3n) is 3.05. The molecule has 0 bridgehead atoms. The number of aryl methyl sites for hydroxylation is 2. The number of carbonyl (C=O) groups excluding carboxylic acids is 1. The fraction of sp³-hybridized carbons (Fsp3) is 0.353. The maximum atomic E-state index is 11.6. The molecule has 0 saturated heterocycles. The molecule has 0 radical (unpaired) electrons. The van der Waals surface area contributed by atoms with E-state index in [0.717, 1.165) is 17.1 Å². The van der Waals surface area contributed by atoms with Crippen LogP contribution in [-0.4, -0.2) is 11.9 Å². The Morgan fingerprint density at radius 1 is 1.15 bits per heavy atom. The normalized spacial score (nSPS) is 10.8. The van der Waals surface area contributed by atoms with E-state index in [1.165, 1.54) is 5.56 Å². The zero-order chi connectivity index (χ0) is 14.5. The number of hydrogen-bond donors (Lipinski definition) is 1. The molecule has 106 valence electrons. The fourth-order valence-electron chi connectivity index (χ4n) is 2.02. The van der Waals surface area contributed by atoms with Gasteiger partial charge in [0, 0.05) is 24.4 Å². The highest BCUT2D eigenvalue weighted by molar-refractivity contribution is 5.76. The van der Waals surface area contributed by atoms with Crippen molar-refractivity contribution in [1.82, 2.24) is 5.32 Å². The maximum absolute atomic E-state index is 11.6. The number of carbonyl (C=O) groups is 1. The summed E-state index contributed by atoms with van der Waals surface area (Å²) < 4.78 is 5.78. The number of benzene rings is 1. The molecular formula is C17H21NO2. The minimum Gasteiger partial charge on any atom is -0.461 e. The highest BCUT2D eigenvalue weighted by Gasteiger charge is 2.08. The average Bonchev–Trinajstić information content (AvgIpc) is 2.85. The van der Waals surface area contributed by atoms with Crippen LogP contribution in [-0.2, 0) is 11.2 Å². The molecule has 0 spiro atoms. The first-order valence-corrected chi connectivity index (χ1v) is 6.99. The van der Waals surface area contributed by atoms with Crippen LogP contribution < -0.4 is 5.32 Å². The molecule has 3 heteroatoms. The van der Waals surface area contributed by atoms with Crippen molar-refractivity contribution in [2.24, 2.45) is 0 Å². The topological polar surface area (TPSA) is 42.2 Å². The van der Waals surface area contributed by atoms with Crippen molar-refractivity contribution in [3.63, 3.8) is 0 Å². The van der Waals surface area contributed by atoms with Gasteiger partial charge < -0.3 is 9.73 Å². The summed E-state index contributed by atoms with van der Waals surface area (Å²) in [5.74, 6) is 1.76. The smallest absolute Gasteiger partial charge is 0.220 e. The molecule has 0 aliphatic heterocycles. The molecule has 20 heavy (non-hydrogen) atoms. The van der Waals surface area contributed by atoms with Crippen molar-refractivity contribution in [1.29, 1.82) is 0 Å². The van der Waals surface area contributed by atoms with Gasteiger partial charge in [-0.15, -0.1) is 0 Å². The van der Waals surface area contributed by atoms with Crippen LogP contribution in [0.5, 0.6) is 0 Å². The average molecular weight is 271 g/mol. The van der Waals surface area contributed by atoms with Crippen LogP contribution in [0.3, 0.4) is 0 Å². The third kappa shape index (κ3) is 3.98. The van der Waals surface area contributed by atoms with Crippen LogP contribution in [0.1, 0.15) is 31.6 Å². The van der Waals surface area contributed by atoms with Crippen molar-refractivity contribution >= 4 is 5.91 Å². The number of hydrogen-bond acceptors (Lipinski definition) is 2. The zero-order valence-corrected chi connectivity index (χ0v) is 12.3. The summed E-state index contributed by atoms with van der Waals surface area (Å²) in [4.78, 5) is 11.6. The van der Waals surface area contributed by atoms with Gasteiger partial charge in [0.15, 0.2) is 0 Å². The lowest BCUT2D eigenvalue weighted by Crippen LogP contribution is -2.30. The van der Waals surface area contributed by atoms with Gasteiger partial charge >= 0.3 is 0 Å². The molecular weight excluding hydrogens is 250 g/mol. The summed E-state index contributed by atoms with van der Waals surface area (Å²) in [7, 11) is 0. The predicted octanol–water partition coefficient (Wildman–Crippen LogP) is 3.71. The van der Waals surface area contributed by atoms with Crippen LogP contribution in [0.25, 0.3) is 11.3 Å². The number of nitrogens with one attached hydrogen (secondary N) is 1. The molecule has 1 aromatic heterocycles. The van der Waals surface area contributed by atoms with Gasteiger partial charge in [-0.05, 0) is 32.9 Å². The maximum Gasteiger partial charge on any atom is 0.220 e. The van der Waals surface area contributed by atoms with Gasteiger partial charge in [0.05, 0.1) is 0 Å². The van der Waals surface area contributed by atoms with E-state index in [4.69, 9.17) is 4.42 Å². The van der Waals surface area contributed by atoms with Crippen molar-refractivity contribution in [3.05, 3.63) is 47.7 Å². The molecule has 0 aliphatic carbocycles.